The molecule has 0 unspecified atom stereocenters. The van der Waals surface area contributed by atoms with Crippen molar-refractivity contribution < 1.29 is 48.9 Å². The van der Waals surface area contributed by atoms with Crippen LogP contribution < -0.4 is 34.3 Å². The van der Waals surface area contributed by atoms with Gasteiger partial charge in [-0.15, -0.1) is 13.2 Å². The van der Waals surface area contributed by atoms with Gasteiger partial charge in [0.2, 0.25) is 0 Å². The maximum absolute atomic E-state index is 11.7. The summed E-state index contributed by atoms with van der Waals surface area (Å²) in [6.45, 7) is 0. The molecule has 0 aliphatic heterocycles. The Morgan fingerprint density at radius 3 is 2.23 bits per heavy atom. The van der Waals surface area contributed by atoms with Crippen LogP contribution in [0.15, 0.2) is 28.7 Å². The van der Waals surface area contributed by atoms with Gasteiger partial charge in [-0.2, -0.15) is 0 Å². The van der Waals surface area contributed by atoms with Crippen LogP contribution in [0.5, 0.6) is 5.75 Å². The van der Waals surface area contributed by atoms with Crippen molar-refractivity contribution in [2.75, 3.05) is 0 Å². The van der Waals surface area contributed by atoms with Gasteiger partial charge in [-0.25, -0.2) is 0 Å². The zero-order valence-corrected chi connectivity index (χ0v) is 10.3. The first-order chi connectivity index (χ1) is 5.49. The maximum Gasteiger partial charge on any atom is 1.00 e. The van der Waals surface area contributed by atoms with Crippen LogP contribution in [-0.4, -0.2) is 6.36 Å². The number of alkyl halides is 3. The van der Waals surface area contributed by atoms with Gasteiger partial charge in [0, 0.05) is 0 Å². The van der Waals surface area contributed by atoms with Crippen molar-refractivity contribution in [2.24, 2.45) is 0 Å². The Morgan fingerprint density at radius 2 is 1.77 bits per heavy atom. The van der Waals surface area contributed by atoms with E-state index in [9.17, 15) is 13.2 Å². The number of benzene rings is 1. The minimum atomic E-state index is -4.64. The Morgan fingerprint density at radius 1 is 1.23 bits per heavy atom. The predicted octanol–water partition coefficient (Wildman–Crippen LogP) is 0.464. The fourth-order valence-electron chi connectivity index (χ4n) is 0.652. The van der Waals surface area contributed by atoms with Crippen molar-refractivity contribution >= 4 is 15.9 Å². The molecule has 6 heteroatoms. The van der Waals surface area contributed by atoms with Crippen LogP contribution in [0.3, 0.4) is 0 Å². The molecule has 0 aliphatic carbocycles. The van der Waals surface area contributed by atoms with Gasteiger partial charge in [-0.1, -0.05) is 12.1 Å². The SMILES string of the molecule is FC(F)(F)Oc1ccccc1Br.[H-].[Na+]. The molecule has 0 radical (unpaired) electrons. The fourth-order valence-corrected chi connectivity index (χ4v) is 1.02. The molecule has 0 aliphatic rings. The minimum absolute atomic E-state index is 0. The van der Waals surface area contributed by atoms with Gasteiger partial charge in [0.15, 0.2) is 0 Å². The summed E-state index contributed by atoms with van der Waals surface area (Å²) in [6, 6.07) is 5.78. The number of para-hydroxylation sites is 1. The quantitative estimate of drug-likeness (QED) is 0.670. The Hall–Kier alpha value is 0.290. The van der Waals surface area contributed by atoms with Gasteiger partial charge in [-0.3, -0.25) is 0 Å². The van der Waals surface area contributed by atoms with Crippen molar-refractivity contribution in [3.05, 3.63) is 28.7 Å². The second-order valence-electron chi connectivity index (χ2n) is 1.98. The van der Waals surface area contributed by atoms with Crippen LogP contribution in [0.25, 0.3) is 0 Å². The molecular weight excluding hydrogens is 260 g/mol. The van der Waals surface area contributed by atoms with Gasteiger partial charge >= 0.3 is 35.9 Å². The molecule has 0 bridgehead atoms. The standard InChI is InChI=1S/C7H4BrF3O.Na.H/c8-5-3-1-2-4-6(5)12-7(9,10)11;;/h1-4H;;/q;+1;-1. The molecular formula is C7H5BrF3NaO. The van der Waals surface area contributed by atoms with Crippen molar-refractivity contribution in [3.8, 4) is 5.75 Å². The summed E-state index contributed by atoms with van der Waals surface area (Å²) in [5.74, 6) is -0.231. The molecule has 0 atom stereocenters. The molecule has 0 heterocycles. The maximum atomic E-state index is 11.7. The summed E-state index contributed by atoms with van der Waals surface area (Å²) in [4.78, 5) is 0. The molecule has 1 rings (SSSR count). The van der Waals surface area contributed by atoms with E-state index in [1.807, 2.05) is 0 Å². The minimum Gasteiger partial charge on any atom is -1.00 e. The first-order valence-corrected chi connectivity index (χ1v) is 3.78. The van der Waals surface area contributed by atoms with Gasteiger partial charge in [0.25, 0.3) is 0 Å². The summed E-state index contributed by atoms with van der Waals surface area (Å²) in [6.07, 6.45) is -4.64. The molecule has 68 valence electrons. The summed E-state index contributed by atoms with van der Waals surface area (Å²) in [7, 11) is 0. The molecule has 0 saturated carbocycles. The van der Waals surface area contributed by atoms with E-state index in [0.717, 1.165) is 0 Å². The third kappa shape index (κ3) is 4.90. The second kappa shape index (κ2) is 5.24. The summed E-state index contributed by atoms with van der Waals surface area (Å²) in [5, 5.41) is 0. The molecule has 1 aromatic carbocycles. The van der Waals surface area contributed by atoms with Gasteiger partial charge in [0.1, 0.15) is 5.75 Å². The molecule has 0 N–H and O–H groups in total. The first-order valence-electron chi connectivity index (χ1n) is 2.99. The molecule has 0 fully saturated rings. The third-order valence-electron chi connectivity index (χ3n) is 1.06. The van der Waals surface area contributed by atoms with Crippen LogP contribution in [0.4, 0.5) is 13.2 Å². The largest absolute Gasteiger partial charge is 1.00 e. The molecule has 0 amide bonds. The van der Waals surface area contributed by atoms with Gasteiger partial charge in [0.05, 0.1) is 4.47 Å². The summed E-state index contributed by atoms with van der Waals surface area (Å²) >= 11 is 2.92. The number of hydrogen-bond acceptors (Lipinski definition) is 1. The van der Waals surface area contributed by atoms with Crippen LogP contribution in [0, 0.1) is 0 Å². The molecule has 1 aromatic rings. The average Bonchev–Trinajstić information content (AvgIpc) is 1.91. The molecule has 1 nitrogen and oxygen atoms in total. The topological polar surface area (TPSA) is 9.23 Å². The Labute approximate surface area is 105 Å². The monoisotopic (exact) mass is 264 g/mol. The van der Waals surface area contributed by atoms with Crippen molar-refractivity contribution in [1.29, 1.82) is 0 Å². The molecule has 13 heavy (non-hydrogen) atoms. The van der Waals surface area contributed by atoms with E-state index in [0.29, 0.717) is 0 Å². The van der Waals surface area contributed by atoms with E-state index in [4.69, 9.17) is 0 Å². The van der Waals surface area contributed by atoms with Crippen molar-refractivity contribution in [2.45, 2.75) is 6.36 Å². The average molecular weight is 265 g/mol. The summed E-state index contributed by atoms with van der Waals surface area (Å²) in [5.41, 5.74) is 0. The number of rotatable bonds is 1. The van der Waals surface area contributed by atoms with Crippen LogP contribution in [-0.2, 0) is 0 Å². The first kappa shape index (κ1) is 13.3. The Bertz CT molecular complexity index is 282. The van der Waals surface area contributed by atoms with Crippen LogP contribution in [0.1, 0.15) is 1.43 Å². The smallest absolute Gasteiger partial charge is 1.00 e. The van der Waals surface area contributed by atoms with E-state index in [-0.39, 0.29) is 41.2 Å². The van der Waals surface area contributed by atoms with E-state index in [2.05, 4.69) is 20.7 Å². The number of ether oxygens (including phenoxy) is 1. The third-order valence-corrected chi connectivity index (χ3v) is 1.72. The van der Waals surface area contributed by atoms with E-state index in [1.165, 1.54) is 18.2 Å². The zero-order valence-electron chi connectivity index (χ0n) is 7.73. The van der Waals surface area contributed by atoms with Crippen LogP contribution in [0.2, 0.25) is 0 Å². The number of hydrogen-bond donors (Lipinski definition) is 0. The fraction of sp³-hybridized carbons (Fsp3) is 0.143. The van der Waals surface area contributed by atoms with Gasteiger partial charge < -0.3 is 6.16 Å². The van der Waals surface area contributed by atoms with E-state index >= 15 is 0 Å². The van der Waals surface area contributed by atoms with E-state index < -0.39 is 6.36 Å². The molecule has 0 spiro atoms. The van der Waals surface area contributed by atoms with Crippen LogP contribution >= 0.6 is 15.9 Å². The zero-order chi connectivity index (χ0) is 9.19. The van der Waals surface area contributed by atoms with Crippen molar-refractivity contribution in [1.82, 2.24) is 0 Å². The number of halogens is 4. The Balaban J connectivity index is 0. The van der Waals surface area contributed by atoms with Crippen molar-refractivity contribution in [3.63, 3.8) is 0 Å². The molecule has 0 aromatic heterocycles. The van der Waals surface area contributed by atoms with Gasteiger partial charge in [-0.05, 0) is 28.1 Å². The second-order valence-corrected chi connectivity index (χ2v) is 2.83. The summed E-state index contributed by atoms with van der Waals surface area (Å²) < 4.78 is 39.0. The van der Waals surface area contributed by atoms with E-state index in [1.54, 1.807) is 6.07 Å². The molecule has 0 saturated heterocycles. The predicted molar refractivity (Wildman–Crippen MR) is 41.9 cm³/mol. The normalized spacial score (nSPS) is 10.5. The Kier molecular flexibility index (Phi) is 5.36.